The molecule has 0 saturated heterocycles. The van der Waals surface area contributed by atoms with Crippen LogP contribution in [0.25, 0.3) is 0 Å². The Bertz CT molecular complexity index is 435. The van der Waals surface area contributed by atoms with Crippen LogP contribution in [0.3, 0.4) is 0 Å². The number of hydrogen-bond acceptors (Lipinski definition) is 4. The monoisotopic (exact) mass is 222 g/mol. The van der Waals surface area contributed by atoms with Crippen LogP contribution in [-0.4, -0.2) is 26.2 Å². The van der Waals surface area contributed by atoms with Gasteiger partial charge in [0.15, 0.2) is 0 Å². The van der Waals surface area contributed by atoms with Gasteiger partial charge in [0.25, 0.3) is 0 Å². The lowest BCUT2D eigenvalue weighted by atomic mass is 9.99. The van der Waals surface area contributed by atoms with Gasteiger partial charge < -0.3 is 9.47 Å². The maximum atomic E-state index is 11.5. The topological polar surface area (TPSA) is 52.6 Å². The number of hydrogen-bond donors (Lipinski definition) is 0. The number of rotatable bonds is 2. The zero-order valence-corrected chi connectivity index (χ0v) is 9.79. The van der Waals surface area contributed by atoms with E-state index >= 15 is 0 Å². The van der Waals surface area contributed by atoms with Gasteiger partial charge in [-0.3, -0.25) is 0 Å². The molecule has 0 atom stereocenters. The van der Waals surface area contributed by atoms with Crippen LogP contribution < -0.4 is 0 Å². The Labute approximate surface area is 94.2 Å². The molecule has 0 bridgehead atoms. The first-order valence-corrected chi connectivity index (χ1v) is 4.79. The molecule has 4 nitrogen and oxygen atoms in total. The number of carbonyl (C=O) groups is 2. The van der Waals surface area contributed by atoms with Crippen molar-refractivity contribution in [3.8, 4) is 0 Å². The number of aryl methyl sites for hydroxylation is 1. The summed E-state index contributed by atoms with van der Waals surface area (Å²) in [5.41, 5.74) is 2.40. The average molecular weight is 222 g/mol. The van der Waals surface area contributed by atoms with E-state index in [-0.39, 0.29) is 0 Å². The molecule has 0 aliphatic carbocycles. The second-order valence-corrected chi connectivity index (χ2v) is 3.45. The van der Waals surface area contributed by atoms with Crippen molar-refractivity contribution in [3.63, 3.8) is 0 Å². The van der Waals surface area contributed by atoms with E-state index in [1.807, 2.05) is 13.8 Å². The standard InChI is InChI=1S/C12H14O4/c1-7-5-9(11(13)15-3)6-10(8(7)2)12(14)16-4/h5-6H,1-4H3. The van der Waals surface area contributed by atoms with Crippen LogP contribution in [0.4, 0.5) is 0 Å². The molecular weight excluding hydrogens is 208 g/mol. The van der Waals surface area contributed by atoms with Gasteiger partial charge in [-0.2, -0.15) is 0 Å². The van der Waals surface area contributed by atoms with E-state index in [0.29, 0.717) is 11.1 Å². The van der Waals surface area contributed by atoms with E-state index in [1.54, 1.807) is 6.07 Å². The number of esters is 2. The minimum absolute atomic E-state index is 0.353. The molecule has 1 aromatic carbocycles. The first kappa shape index (κ1) is 12.2. The second-order valence-electron chi connectivity index (χ2n) is 3.45. The molecular formula is C12H14O4. The summed E-state index contributed by atoms with van der Waals surface area (Å²) in [4.78, 5) is 22.8. The molecule has 1 aromatic rings. The molecule has 0 fully saturated rings. The van der Waals surface area contributed by atoms with Gasteiger partial charge in [-0.1, -0.05) is 0 Å². The van der Waals surface area contributed by atoms with Crippen LogP contribution in [0.2, 0.25) is 0 Å². The summed E-state index contributed by atoms with van der Waals surface area (Å²) in [6.07, 6.45) is 0. The van der Waals surface area contributed by atoms with Crippen molar-refractivity contribution in [1.82, 2.24) is 0 Å². The Hall–Kier alpha value is -1.84. The lowest BCUT2D eigenvalue weighted by Crippen LogP contribution is -2.09. The third kappa shape index (κ3) is 2.21. The van der Waals surface area contributed by atoms with Crippen molar-refractivity contribution in [2.75, 3.05) is 14.2 Å². The first-order chi connectivity index (χ1) is 7.51. The van der Waals surface area contributed by atoms with Gasteiger partial charge in [-0.05, 0) is 37.1 Å². The van der Waals surface area contributed by atoms with E-state index in [0.717, 1.165) is 11.1 Å². The SMILES string of the molecule is COC(=O)c1cc(C)c(C)c(C(=O)OC)c1. The molecule has 0 N–H and O–H groups in total. The normalized spacial score (nSPS) is 9.75. The summed E-state index contributed by atoms with van der Waals surface area (Å²) >= 11 is 0. The predicted molar refractivity (Wildman–Crippen MR) is 58.6 cm³/mol. The van der Waals surface area contributed by atoms with Crippen molar-refractivity contribution in [1.29, 1.82) is 0 Å². The third-order valence-electron chi connectivity index (χ3n) is 2.49. The number of carbonyl (C=O) groups excluding carboxylic acids is 2. The third-order valence-corrected chi connectivity index (χ3v) is 2.49. The van der Waals surface area contributed by atoms with Crippen LogP contribution in [0, 0.1) is 13.8 Å². The van der Waals surface area contributed by atoms with Gasteiger partial charge in [0, 0.05) is 0 Å². The molecule has 0 amide bonds. The summed E-state index contributed by atoms with van der Waals surface area (Å²) in [7, 11) is 2.61. The largest absolute Gasteiger partial charge is 0.465 e. The Morgan fingerprint density at radius 1 is 1.00 bits per heavy atom. The summed E-state index contributed by atoms with van der Waals surface area (Å²) in [6, 6.07) is 3.17. The molecule has 16 heavy (non-hydrogen) atoms. The van der Waals surface area contributed by atoms with E-state index < -0.39 is 11.9 Å². The van der Waals surface area contributed by atoms with Gasteiger partial charge in [0.05, 0.1) is 25.3 Å². The fraction of sp³-hybridized carbons (Fsp3) is 0.333. The Kier molecular flexibility index (Phi) is 3.66. The number of methoxy groups -OCH3 is 2. The van der Waals surface area contributed by atoms with Gasteiger partial charge in [-0.25, -0.2) is 9.59 Å². The maximum Gasteiger partial charge on any atom is 0.338 e. The molecule has 0 aromatic heterocycles. The summed E-state index contributed by atoms with van der Waals surface area (Å²) < 4.78 is 9.26. The smallest absolute Gasteiger partial charge is 0.338 e. The van der Waals surface area contributed by atoms with Crippen molar-refractivity contribution in [3.05, 3.63) is 34.4 Å². The predicted octanol–water partition coefficient (Wildman–Crippen LogP) is 1.88. The number of benzene rings is 1. The van der Waals surface area contributed by atoms with E-state index in [9.17, 15) is 9.59 Å². The van der Waals surface area contributed by atoms with Crippen molar-refractivity contribution >= 4 is 11.9 Å². The van der Waals surface area contributed by atoms with Crippen LogP contribution in [0.5, 0.6) is 0 Å². The van der Waals surface area contributed by atoms with Gasteiger partial charge >= 0.3 is 11.9 Å². The lowest BCUT2D eigenvalue weighted by Gasteiger charge is -2.09. The van der Waals surface area contributed by atoms with Gasteiger partial charge in [0.2, 0.25) is 0 Å². The van der Waals surface area contributed by atoms with Crippen LogP contribution in [-0.2, 0) is 9.47 Å². The van der Waals surface area contributed by atoms with E-state index in [2.05, 4.69) is 9.47 Å². The minimum atomic E-state index is -0.465. The Morgan fingerprint density at radius 2 is 1.56 bits per heavy atom. The van der Waals surface area contributed by atoms with Gasteiger partial charge in [0.1, 0.15) is 0 Å². The minimum Gasteiger partial charge on any atom is -0.465 e. The highest BCUT2D eigenvalue weighted by atomic mass is 16.5. The Morgan fingerprint density at radius 3 is 2.06 bits per heavy atom. The quantitative estimate of drug-likeness (QED) is 0.717. The first-order valence-electron chi connectivity index (χ1n) is 4.79. The van der Waals surface area contributed by atoms with Crippen LogP contribution in [0.1, 0.15) is 31.8 Å². The summed E-state index contributed by atoms with van der Waals surface area (Å²) in [6.45, 7) is 3.64. The molecule has 0 saturated carbocycles. The zero-order chi connectivity index (χ0) is 12.3. The molecule has 0 spiro atoms. The lowest BCUT2D eigenvalue weighted by molar-refractivity contribution is 0.0598. The maximum absolute atomic E-state index is 11.5. The van der Waals surface area contributed by atoms with Crippen molar-refractivity contribution in [2.24, 2.45) is 0 Å². The molecule has 86 valence electrons. The molecule has 0 aliphatic heterocycles. The fourth-order valence-corrected chi connectivity index (χ4v) is 1.42. The average Bonchev–Trinajstić information content (AvgIpc) is 2.30. The van der Waals surface area contributed by atoms with Crippen molar-refractivity contribution < 1.29 is 19.1 Å². The molecule has 0 radical (unpaired) electrons. The molecule has 4 heteroatoms. The molecule has 0 unspecified atom stereocenters. The summed E-state index contributed by atoms with van der Waals surface area (Å²) in [5, 5.41) is 0. The Balaban J connectivity index is 3.33. The highest BCUT2D eigenvalue weighted by Gasteiger charge is 2.15. The number of ether oxygens (including phenoxy) is 2. The van der Waals surface area contributed by atoms with E-state index in [4.69, 9.17) is 0 Å². The highest BCUT2D eigenvalue weighted by Crippen LogP contribution is 2.17. The summed E-state index contributed by atoms with van der Waals surface area (Å²) in [5.74, 6) is -0.917. The fourth-order valence-electron chi connectivity index (χ4n) is 1.42. The highest BCUT2D eigenvalue weighted by molar-refractivity contribution is 5.96. The van der Waals surface area contributed by atoms with E-state index in [1.165, 1.54) is 20.3 Å². The molecule has 0 heterocycles. The molecule has 0 aliphatic rings. The van der Waals surface area contributed by atoms with Gasteiger partial charge in [-0.15, -0.1) is 0 Å². The second kappa shape index (κ2) is 4.79. The zero-order valence-electron chi connectivity index (χ0n) is 9.79. The van der Waals surface area contributed by atoms with Crippen LogP contribution >= 0.6 is 0 Å². The molecule has 1 rings (SSSR count). The van der Waals surface area contributed by atoms with Crippen molar-refractivity contribution in [2.45, 2.75) is 13.8 Å². The van der Waals surface area contributed by atoms with Crippen LogP contribution in [0.15, 0.2) is 12.1 Å².